The zero-order valence-corrected chi connectivity index (χ0v) is 10.3. The van der Waals surface area contributed by atoms with Gasteiger partial charge in [-0.2, -0.15) is 0 Å². The van der Waals surface area contributed by atoms with Gasteiger partial charge in [0.25, 0.3) is 0 Å². The van der Waals surface area contributed by atoms with E-state index in [0.717, 1.165) is 0 Å². The predicted octanol–water partition coefficient (Wildman–Crippen LogP) is 2.15. The Morgan fingerprint density at radius 3 is 2.33 bits per heavy atom. The van der Waals surface area contributed by atoms with E-state index in [1.165, 1.54) is 0 Å². The minimum Gasteiger partial charge on any atom is -0.463 e. The van der Waals surface area contributed by atoms with Crippen LogP contribution in [0, 0.1) is 11.8 Å². The van der Waals surface area contributed by atoms with E-state index < -0.39 is 6.10 Å². The van der Waals surface area contributed by atoms with Crippen molar-refractivity contribution >= 4 is 5.97 Å². The van der Waals surface area contributed by atoms with Crippen molar-refractivity contribution < 1.29 is 14.6 Å². The van der Waals surface area contributed by atoms with Gasteiger partial charge in [0.05, 0.1) is 12.7 Å². The molecule has 0 aliphatic rings. The van der Waals surface area contributed by atoms with Gasteiger partial charge in [0.2, 0.25) is 0 Å². The Kier molecular flexibility index (Phi) is 6.25. The van der Waals surface area contributed by atoms with Crippen LogP contribution in [-0.4, -0.2) is 23.8 Å². The van der Waals surface area contributed by atoms with Crippen LogP contribution in [0.5, 0.6) is 0 Å². The summed E-state index contributed by atoms with van der Waals surface area (Å²) in [5, 5.41) is 9.76. The molecular weight excluding hydrogens is 192 g/mol. The van der Waals surface area contributed by atoms with Crippen LogP contribution >= 0.6 is 0 Å². The zero-order valence-electron chi connectivity index (χ0n) is 10.3. The first-order valence-electron chi connectivity index (χ1n) is 5.43. The van der Waals surface area contributed by atoms with Gasteiger partial charge in [-0.15, -0.1) is 0 Å². The number of hydrogen-bond donors (Lipinski definition) is 1. The summed E-state index contributed by atoms with van der Waals surface area (Å²) >= 11 is 0. The number of rotatable bonds is 5. The van der Waals surface area contributed by atoms with Crippen molar-refractivity contribution in [2.45, 2.75) is 40.7 Å². The number of esters is 1. The number of hydrogen-bond acceptors (Lipinski definition) is 3. The second-order valence-electron chi connectivity index (χ2n) is 4.16. The minimum atomic E-state index is -0.422. The lowest BCUT2D eigenvalue weighted by Gasteiger charge is -2.19. The Hall–Kier alpha value is -0.830. The Morgan fingerprint density at radius 1 is 1.40 bits per heavy atom. The SMILES string of the molecule is CCOC(=O)/C(C)=C/[C@H](C)[C@@H](O)C(C)C. The quantitative estimate of drug-likeness (QED) is 0.563. The molecule has 0 radical (unpaired) electrons. The molecular formula is C12H22O3. The summed E-state index contributed by atoms with van der Waals surface area (Å²) in [7, 11) is 0. The second-order valence-corrected chi connectivity index (χ2v) is 4.16. The molecule has 0 amide bonds. The van der Waals surface area contributed by atoms with E-state index in [1.54, 1.807) is 19.9 Å². The summed E-state index contributed by atoms with van der Waals surface area (Å²) in [6, 6.07) is 0. The van der Waals surface area contributed by atoms with Gasteiger partial charge in [0, 0.05) is 11.5 Å². The zero-order chi connectivity index (χ0) is 12.0. The highest BCUT2D eigenvalue weighted by Crippen LogP contribution is 2.15. The number of carbonyl (C=O) groups excluding carboxylic acids is 1. The average molecular weight is 214 g/mol. The summed E-state index contributed by atoms with van der Waals surface area (Å²) in [4.78, 5) is 11.3. The van der Waals surface area contributed by atoms with Gasteiger partial charge in [-0.3, -0.25) is 0 Å². The Balaban J connectivity index is 4.40. The fraction of sp³-hybridized carbons (Fsp3) is 0.750. The van der Waals surface area contributed by atoms with Crippen LogP contribution in [0.4, 0.5) is 0 Å². The van der Waals surface area contributed by atoms with E-state index in [0.29, 0.717) is 12.2 Å². The minimum absolute atomic E-state index is 0.0330. The van der Waals surface area contributed by atoms with Crippen molar-refractivity contribution in [1.29, 1.82) is 0 Å². The van der Waals surface area contributed by atoms with E-state index in [1.807, 2.05) is 20.8 Å². The standard InChI is InChI=1S/C12H22O3/c1-6-15-12(14)10(5)7-9(4)11(13)8(2)3/h7-9,11,13H,6H2,1-5H3/b10-7+/t9-,11-/m0/s1. The van der Waals surface area contributed by atoms with Crippen LogP contribution in [0.15, 0.2) is 11.6 Å². The molecule has 0 saturated carbocycles. The molecule has 0 heterocycles. The predicted molar refractivity (Wildman–Crippen MR) is 60.4 cm³/mol. The van der Waals surface area contributed by atoms with Crippen LogP contribution in [0.2, 0.25) is 0 Å². The average Bonchev–Trinajstić information content (AvgIpc) is 2.16. The molecule has 0 fully saturated rings. The molecule has 88 valence electrons. The van der Waals surface area contributed by atoms with Gasteiger partial charge in [0.15, 0.2) is 0 Å². The fourth-order valence-corrected chi connectivity index (χ4v) is 1.41. The Morgan fingerprint density at radius 2 is 1.93 bits per heavy atom. The molecule has 3 heteroatoms. The molecule has 0 aliphatic heterocycles. The molecule has 0 spiro atoms. The molecule has 0 aromatic heterocycles. The van der Waals surface area contributed by atoms with E-state index in [2.05, 4.69) is 0 Å². The maximum Gasteiger partial charge on any atom is 0.333 e. The van der Waals surface area contributed by atoms with Crippen molar-refractivity contribution in [1.82, 2.24) is 0 Å². The number of aliphatic hydroxyl groups excluding tert-OH is 1. The molecule has 15 heavy (non-hydrogen) atoms. The highest BCUT2D eigenvalue weighted by molar-refractivity contribution is 5.87. The van der Waals surface area contributed by atoms with E-state index in [9.17, 15) is 9.90 Å². The van der Waals surface area contributed by atoms with Crippen molar-refractivity contribution in [2.24, 2.45) is 11.8 Å². The first-order chi connectivity index (χ1) is 6.90. The van der Waals surface area contributed by atoms with Gasteiger partial charge in [0.1, 0.15) is 0 Å². The van der Waals surface area contributed by atoms with Crippen LogP contribution in [0.1, 0.15) is 34.6 Å². The fourth-order valence-electron chi connectivity index (χ4n) is 1.41. The van der Waals surface area contributed by atoms with Crippen LogP contribution in [0.25, 0.3) is 0 Å². The topological polar surface area (TPSA) is 46.5 Å². The molecule has 0 saturated heterocycles. The Labute approximate surface area is 92.1 Å². The summed E-state index contributed by atoms with van der Waals surface area (Å²) in [6.07, 6.45) is 1.34. The maximum atomic E-state index is 11.3. The number of aliphatic hydroxyl groups is 1. The third-order valence-electron chi connectivity index (χ3n) is 2.33. The van der Waals surface area contributed by atoms with Gasteiger partial charge in [-0.05, 0) is 19.8 Å². The molecule has 0 rings (SSSR count). The number of ether oxygens (including phenoxy) is 1. The van der Waals surface area contributed by atoms with Gasteiger partial charge in [-0.25, -0.2) is 4.79 Å². The molecule has 1 N–H and O–H groups in total. The number of carbonyl (C=O) groups is 1. The highest BCUT2D eigenvalue weighted by atomic mass is 16.5. The van der Waals surface area contributed by atoms with Crippen LogP contribution in [-0.2, 0) is 9.53 Å². The third-order valence-corrected chi connectivity index (χ3v) is 2.33. The van der Waals surface area contributed by atoms with Gasteiger partial charge < -0.3 is 9.84 Å². The monoisotopic (exact) mass is 214 g/mol. The maximum absolute atomic E-state index is 11.3. The lowest BCUT2D eigenvalue weighted by Crippen LogP contribution is -2.23. The summed E-state index contributed by atoms with van der Waals surface area (Å²) in [5.41, 5.74) is 0.559. The molecule has 0 aromatic carbocycles. The smallest absolute Gasteiger partial charge is 0.333 e. The summed E-state index contributed by atoms with van der Waals surface area (Å²) < 4.78 is 4.86. The van der Waals surface area contributed by atoms with E-state index in [-0.39, 0.29) is 17.8 Å². The normalized spacial score (nSPS) is 16.3. The van der Waals surface area contributed by atoms with Crippen LogP contribution < -0.4 is 0 Å². The molecule has 0 aliphatic carbocycles. The molecule has 3 nitrogen and oxygen atoms in total. The van der Waals surface area contributed by atoms with Gasteiger partial charge in [-0.1, -0.05) is 26.8 Å². The first kappa shape index (κ1) is 14.2. The van der Waals surface area contributed by atoms with E-state index in [4.69, 9.17) is 4.74 Å². The summed E-state index contributed by atoms with van der Waals surface area (Å²) in [5.74, 6) is -0.152. The van der Waals surface area contributed by atoms with Crippen LogP contribution in [0.3, 0.4) is 0 Å². The molecule has 2 atom stereocenters. The van der Waals surface area contributed by atoms with Crippen molar-refractivity contribution in [2.75, 3.05) is 6.61 Å². The Bertz CT molecular complexity index is 231. The lowest BCUT2D eigenvalue weighted by molar-refractivity contribution is -0.138. The lowest BCUT2D eigenvalue weighted by atomic mass is 9.93. The van der Waals surface area contributed by atoms with Crippen molar-refractivity contribution in [3.63, 3.8) is 0 Å². The molecule has 0 bridgehead atoms. The first-order valence-corrected chi connectivity index (χ1v) is 5.43. The third kappa shape index (κ3) is 4.98. The van der Waals surface area contributed by atoms with Crippen molar-refractivity contribution in [3.8, 4) is 0 Å². The second kappa shape index (κ2) is 6.62. The van der Waals surface area contributed by atoms with Gasteiger partial charge >= 0.3 is 5.97 Å². The largest absolute Gasteiger partial charge is 0.463 e. The highest BCUT2D eigenvalue weighted by Gasteiger charge is 2.17. The molecule has 0 unspecified atom stereocenters. The summed E-state index contributed by atoms with van der Waals surface area (Å²) in [6.45, 7) is 9.67. The van der Waals surface area contributed by atoms with Crippen molar-refractivity contribution in [3.05, 3.63) is 11.6 Å². The molecule has 0 aromatic rings. The van der Waals surface area contributed by atoms with E-state index >= 15 is 0 Å².